The number of primary amides is 1. The fraction of sp³-hybridized carbons (Fsp3) is 0.435. The molecule has 0 radical (unpaired) electrons. The molecule has 1 aromatic carbocycles. The zero-order valence-electron chi connectivity index (χ0n) is 18.5. The van der Waals surface area contributed by atoms with Gasteiger partial charge in [-0.3, -0.25) is 14.4 Å². The normalized spacial score (nSPS) is 18.3. The molecule has 9 nitrogen and oxygen atoms in total. The third kappa shape index (κ3) is 4.42. The van der Waals surface area contributed by atoms with Crippen LogP contribution in [0.1, 0.15) is 41.2 Å². The number of benzene rings is 1. The molecule has 1 aromatic heterocycles. The lowest BCUT2D eigenvalue weighted by Crippen LogP contribution is -2.39. The monoisotopic (exact) mass is 436 g/mol. The van der Waals surface area contributed by atoms with Gasteiger partial charge in [0.15, 0.2) is 0 Å². The van der Waals surface area contributed by atoms with E-state index < -0.39 is 5.91 Å². The van der Waals surface area contributed by atoms with Crippen LogP contribution in [0.25, 0.3) is 11.1 Å². The number of carbonyl (C=O) groups excluding carboxylic acids is 3. The number of nitrogens with two attached hydrogens (primary N) is 1. The lowest BCUT2D eigenvalue weighted by molar-refractivity contribution is -0.137. The predicted molar refractivity (Wildman–Crippen MR) is 120 cm³/mol. The van der Waals surface area contributed by atoms with Crippen molar-refractivity contribution >= 4 is 23.7 Å². The van der Waals surface area contributed by atoms with E-state index in [1.165, 1.54) is 0 Å². The molecule has 4 rings (SSSR count). The van der Waals surface area contributed by atoms with Crippen molar-refractivity contribution in [2.45, 2.75) is 25.2 Å². The van der Waals surface area contributed by atoms with Gasteiger partial charge in [-0.05, 0) is 30.5 Å². The van der Waals surface area contributed by atoms with Crippen LogP contribution in [-0.4, -0.2) is 77.8 Å². The number of aromatic nitrogens is 2. The van der Waals surface area contributed by atoms with Gasteiger partial charge in [0, 0.05) is 63.4 Å². The average molecular weight is 437 g/mol. The first-order chi connectivity index (χ1) is 15.3. The van der Waals surface area contributed by atoms with Gasteiger partial charge in [-0.15, -0.1) is 0 Å². The number of hydrogen-bond donors (Lipinski definition) is 1. The first-order valence-corrected chi connectivity index (χ1v) is 10.8. The summed E-state index contributed by atoms with van der Waals surface area (Å²) in [5.41, 5.74) is 8.45. The van der Waals surface area contributed by atoms with Crippen LogP contribution >= 0.6 is 0 Å². The molecule has 9 heteroatoms. The van der Waals surface area contributed by atoms with E-state index >= 15 is 0 Å². The molecule has 2 aliphatic heterocycles. The van der Waals surface area contributed by atoms with E-state index in [9.17, 15) is 14.4 Å². The highest BCUT2D eigenvalue weighted by atomic mass is 16.2. The highest BCUT2D eigenvalue weighted by Crippen LogP contribution is 2.34. The second-order valence-electron chi connectivity index (χ2n) is 8.55. The van der Waals surface area contributed by atoms with Crippen molar-refractivity contribution in [3.05, 3.63) is 41.7 Å². The predicted octanol–water partition coefficient (Wildman–Crippen LogP) is 1.25. The van der Waals surface area contributed by atoms with E-state index in [1.54, 1.807) is 23.2 Å². The van der Waals surface area contributed by atoms with Crippen molar-refractivity contribution < 1.29 is 14.4 Å². The fourth-order valence-electron chi connectivity index (χ4n) is 4.29. The Hall–Kier alpha value is -3.49. The quantitative estimate of drug-likeness (QED) is 0.729. The standard InChI is InChI=1S/C23H28N6O3/c1-27(2)23-25-12-18(15-5-7-16(8-6-15)22(24)32)21(26-23)17-9-11-29(13-17)20(31)14-28-10-3-4-19(28)30/h5-8,12,17H,3-4,9-11,13-14H2,1-2H3,(H2,24,32)/t17-/m1/s1. The Balaban J connectivity index is 1.57. The Morgan fingerprint density at radius 3 is 2.56 bits per heavy atom. The lowest BCUT2D eigenvalue weighted by Gasteiger charge is -2.22. The van der Waals surface area contributed by atoms with Crippen LogP contribution < -0.4 is 10.6 Å². The minimum Gasteiger partial charge on any atom is -0.366 e. The van der Waals surface area contributed by atoms with Gasteiger partial charge in [0.05, 0.1) is 12.2 Å². The first-order valence-electron chi connectivity index (χ1n) is 10.8. The molecular weight excluding hydrogens is 408 g/mol. The smallest absolute Gasteiger partial charge is 0.248 e. The Morgan fingerprint density at radius 1 is 1.19 bits per heavy atom. The highest BCUT2D eigenvalue weighted by Gasteiger charge is 2.32. The van der Waals surface area contributed by atoms with Crippen LogP contribution in [0.2, 0.25) is 0 Å². The number of nitrogens with zero attached hydrogens (tertiary/aromatic N) is 5. The molecule has 3 amide bonds. The number of carbonyl (C=O) groups is 3. The van der Waals surface area contributed by atoms with Crippen molar-refractivity contribution in [1.82, 2.24) is 19.8 Å². The number of anilines is 1. The Morgan fingerprint density at radius 2 is 1.94 bits per heavy atom. The maximum atomic E-state index is 12.8. The summed E-state index contributed by atoms with van der Waals surface area (Å²) in [6.07, 6.45) is 3.93. The summed E-state index contributed by atoms with van der Waals surface area (Å²) in [4.78, 5) is 50.7. The lowest BCUT2D eigenvalue weighted by atomic mass is 9.95. The van der Waals surface area contributed by atoms with Crippen molar-refractivity contribution in [3.8, 4) is 11.1 Å². The van der Waals surface area contributed by atoms with Crippen molar-refractivity contribution in [2.75, 3.05) is 45.2 Å². The molecule has 0 bridgehead atoms. The van der Waals surface area contributed by atoms with E-state index in [4.69, 9.17) is 10.7 Å². The largest absolute Gasteiger partial charge is 0.366 e. The van der Waals surface area contributed by atoms with Crippen molar-refractivity contribution in [1.29, 1.82) is 0 Å². The molecule has 2 saturated heterocycles. The van der Waals surface area contributed by atoms with E-state index in [-0.39, 0.29) is 24.3 Å². The molecule has 2 aromatic rings. The summed E-state index contributed by atoms with van der Waals surface area (Å²) in [7, 11) is 3.77. The van der Waals surface area contributed by atoms with Gasteiger partial charge in [0.2, 0.25) is 23.7 Å². The summed E-state index contributed by atoms with van der Waals surface area (Å²) in [5.74, 6) is 0.224. The Labute approximate surface area is 187 Å². The average Bonchev–Trinajstić information content (AvgIpc) is 3.43. The molecule has 168 valence electrons. The van der Waals surface area contributed by atoms with Gasteiger partial charge in [-0.1, -0.05) is 12.1 Å². The third-order valence-electron chi connectivity index (χ3n) is 6.11. The van der Waals surface area contributed by atoms with E-state index in [0.29, 0.717) is 37.6 Å². The zero-order valence-corrected chi connectivity index (χ0v) is 18.5. The topological polar surface area (TPSA) is 113 Å². The van der Waals surface area contributed by atoms with Gasteiger partial charge in [0.1, 0.15) is 0 Å². The van der Waals surface area contributed by atoms with Crippen LogP contribution in [0.5, 0.6) is 0 Å². The third-order valence-corrected chi connectivity index (χ3v) is 6.11. The van der Waals surface area contributed by atoms with Gasteiger partial charge < -0.3 is 20.4 Å². The van der Waals surface area contributed by atoms with Crippen LogP contribution in [0.15, 0.2) is 30.5 Å². The minimum atomic E-state index is -0.475. The van der Waals surface area contributed by atoms with Crippen LogP contribution in [0, 0.1) is 0 Å². The van der Waals surface area contributed by atoms with E-state index in [2.05, 4.69) is 4.98 Å². The molecule has 0 spiro atoms. The maximum Gasteiger partial charge on any atom is 0.248 e. The Bertz CT molecular complexity index is 1040. The summed E-state index contributed by atoms with van der Waals surface area (Å²) in [5, 5.41) is 0. The second-order valence-corrected chi connectivity index (χ2v) is 8.55. The van der Waals surface area contributed by atoms with E-state index in [0.717, 1.165) is 29.7 Å². The molecule has 1 atom stereocenters. The van der Waals surface area contributed by atoms with Gasteiger partial charge in [-0.25, -0.2) is 9.97 Å². The van der Waals surface area contributed by atoms with Crippen molar-refractivity contribution in [3.63, 3.8) is 0 Å². The molecule has 0 aliphatic carbocycles. The second kappa shape index (κ2) is 8.94. The van der Waals surface area contributed by atoms with Crippen LogP contribution in [0.4, 0.5) is 5.95 Å². The SMILES string of the molecule is CN(C)c1ncc(-c2ccc(C(N)=O)cc2)c([C@@H]2CCN(C(=O)CN3CCCC3=O)C2)n1. The molecule has 2 aliphatic rings. The number of amides is 3. The van der Waals surface area contributed by atoms with Crippen LogP contribution in [0.3, 0.4) is 0 Å². The molecule has 2 N–H and O–H groups in total. The number of rotatable bonds is 6. The van der Waals surface area contributed by atoms with Crippen LogP contribution in [-0.2, 0) is 9.59 Å². The van der Waals surface area contributed by atoms with Gasteiger partial charge >= 0.3 is 0 Å². The summed E-state index contributed by atoms with van der Waals surface area (Å²) >= 11 is 0. The zero-order chi connectivity index (χ0) is 22.8. The molecule has 32 heavy (non-hydrogen) atoms. The number of likely N-dealkylation sites (tertiary alicyclic amines) is 2. The minimum absolute atomic E-state index is 0.0167. The molecule has 0 unspecified atom stereocenters. The number of hydrogen-bond acceptors (Lipinski definition) is 6. The molecular formula is C23H28N6O3. The first kappa shape index (κ1) is 21.7. The summed E-state index contributed by atoms with van der Waals surface area (Å²) < 4.78 is 0. The fourth-order valence-corrected chi connectivity index (χ4v) is 4.29. The molecule has 2 fully saturated rings. The van der Waals surface area contributed by atoms with Crippen molar-refractivity contribution in [2.24, 2.45) is 5.73 Å². The molecule has 0 saturated carbocycles. The summed E-state index contributed by atoms with van der Waals surface area (Å²) in [6.45, 7) is 2.00. The Kier molecular flexibility index (Phi) is 6.07. The van der Waals surface area contributed by atoms with E-state index in [1.807, 2.05) is 36.0 Å². The maximum absolute atomic E-state index is 12.8. The molecule has 3 heterocycles. The van der Waals surface area contributed by atoms with Gasteiger partial charge in [0.25, 0.3) is 0 Å². The summed E-state index contributed by atoms with van der Waals surface area (Å²) in [6, 6.07) is 7.07. The highest BCUT2D eigenvalue weighted by molar-refractivity contribution is 5.93. The van der Waals surface area contributed by atoms with Gasteiger partial charge in [-0.2, -0.15) is 0 Å².